The van der Waals surface area contributed by atoms with Gasteiger partial charge in [0.2, 0.25) is 0 Å². The lowest BCUT2D eigenvalue weighted by Crippen LogP contribution is -1.93. The molecule has 0 bridgehead atoms. The molecule has 0 aromatic heterocycles. The van der Waals surface area contributed by atoms with Gasteiger partial charge in [0.15, 0.2) is 0 Å². The van der Waals surface area contributed by atoms with Gasteiger partial charge < -0.3 is 15.3 Å². The molecule has 0 aliphatic carbocycles. The van der Waals surface area contributed by atoms with Gasteiger partial charge in [-0.05, 0) is 19.3 Å². The van der Waals surface area contributed by atoms with Crippen LogP contribution in [0.4, 0.5) is 0 Å². The summed E-state index contributed by atoms with van der Waals surface area (Å²) in [7, 11) is 0. The van der Waals surface area contributed by atoms with Crippen molar-refractivity contribution < 1.29 is 20.1 Å². The minimum Gasteiger partial charge on any atom is -0.481 e. The highest BCUT2D eigenvalue weighted by Crippen LogP contribution is 2.14. The van der Waals surface area contributed by atoms with Gasteiger partial charge in [-0.2, -0.15) is 0 Å². The molecule has 224 valence electrons. The Morgan fingerprint density at radius 3 is 0.811 bits per heavy atom. The zero-order chi connectivity index (χ0) is 27.5. The standard InChI is InChI=1S/C17H36O2.C16H32O2/c18-16-14-12-10-8-6-4-2-1-3-5-7-9-11-13-15-17-19;1-2-3-4-5-6-7-8-9-10-11-12-13-14-15-16(17)18/h18-19H,1-17H2;2-15H2,1H3,(H,17,18). The summed E-state index contributed by atoms with van der Waals surface area (Å²) in [6.45, 7) is 2.98. The van der Waals surface area contributed by atoms with Gasteiger partial charge in [-0.15, -0.1) is 0 Å². The van der Waals surface area contributed by atoms with Crippen molar-refractivity contribution in [3.8, 4) is 0 Å². The number of carboxylic acid groups (broad SMARTS) is 1. The molecule has 0 spiro atoms. The van der Waals surface area contributed by atoms with Crippen LogP contribution in [0.3, 0.4) is 0 Å². The van der Waals surface area contributed by atoms with Crippen molar-refractivity contribution in [2.24, 2.45) is 0 Å². The number of aliphatic hydroxyl groups excluding tert-OH is 2. The minimum atomic E-state index is -0.655. The second-order valence-corrected chi connectivity index (χ2v) is 11.1. The fraction of sp³-hybridized carbons (Fsp3) is 0.970. The SMILES string of the molecule is CCCCCCCCCCCCCCCC(=O)O.OCCCCCCCCCCCCCCCCCO. The van der Waals surface area contributed by atoms with Crippen LogP contribution in [0, 0.1) is 0 Å². The summed E-state index contributed by atoms with van der Waals surface area (Å²) in [5.41, 5.74) is 0. The molecule has 0 saturated heterocycles. The Morgan fingerprint density at radius 1 is 0.378 bits per heavy atom. The Hall–Kier alpha value is -0.610. The van der Waals surface area contributed by atoms with Crippen molar-refractivity contribution >= 4 is 5.97 Å². The molecule has 0 aliphatic heterocycles. The van der Waals surface area contributed by atoms with Crippen LogP contribution in [0.15, 0.2) is 0 Å². The average molecular weight is 529 g/mol. The lowest BCUT2D eigenvalue weighted by Gasteiger charge is -2.03. The maximum Gasteiger partial charge on any atom is 0.303 e. The third-order valence-corrected chi connectivity index (χ3v) is 7.31. The number of hydrogen-bond donors (Lipinski definition) is 3. The first kappa shape index (κ1) is 38.5. The number of hydrogen-bond acceptors (Lipinski definition) is 3. The summed E-state index contributed by atoms with van der Waals surface area (Å²) in [5.74, 6) is -0.655. The lowest BCUT2D eigenvalue weighted by molar-refractivity contribution is -0.137. The van der Waals surface area contributed by atoms with E-state index in [9.17, 15) is 4.79 Å². The third kappa shape index (κ3) is 42.7. The van der Waals surface area contributed by atoms with Crippen LogP contribution in [0.5, 0.6) is 0 Å². The number of aliphatic hydroxyl groups is 2. The fourth-order valence-corrected chi connectivity index (χ4v) is 4.82. The summed E-state index contributed by atoms with van der Waals surface area (Å²) in [6, 6.07) is 0. The number of carboxylic acids is 1. The maximum absolute atomic E-state index is 10.3. The molecule has 0 aromatic carbocycles. The molecule has 4 nitrogen and oxygen atoms in total. The van der Waals surface area contributed by atoms with Crippen LogP contribution in [0.25, 0.3) is 0 Å². The normalized spacial score (nSPS) is 10.9. The molecular weight excluding hydrogens is 460 g/mol. The van der Waals surface area contributed by atoms with Gasteiger partial charge in [-0.25, -0.2) is 0 Å². The Balaban J connectivity index is 0. The highest BCUT2D eigenvalue weighted by atomic mass is 16.4. The van der Waals surface area contributed by atoms with E-state index < -0.39 is 5.97 Å². The van der Waals surface area contributed by atoms with Crippen molar-refractivity contribution in [1.29, 1.82) is 0 Å². The zero-order valence-electron chi connectivity index (χ0n) is 25.2. The second kappa shape index (κ2) is 37.5. The van der Waals surface area contributed by atoms with E-state index in [1.807, 2.05) is 0 Å². The van der Waals surface area contributed by atoms with Crippen LogP contribution < -0.4 is 0 Å². The van der Waals surface area contributed by atoms with Gasteiger partial charge >= 0.3 is 5.97 Å². The maximum atomic E-state index is 10.3. The Kier molecular flexibility index (Phi) is 39.1. The lowest BCUT2D eigenvalue weighted by atomic mass is 10.0. The summed E-state index contributed by atoms with van der Waals surface area (Å²) in [5, 5.41) is 25.8. The van der Waals surface area contributed by atoms with E-state index in [1.54, 1.807) is 0 Å². The molecule has 0 radical (unpaired) electrons. The van der Waals surface area contributed by atoms with E-state index in [2.05, 4.69) is 6.92 Å². The van der Waals surface area contributed by atoms with E-state index >= 15 is 0 Å². The van der Waals surface area contributed by atoms with E-state index in [1.165, 1.54) is 154 Å². The summed E-state index contributed by atoms with van der Waals surface area (Å²) in [6.07, 6.45) is 36.7. The Morgan fingerprint density at radius 2 is 0.595 bits per heavy atom. The first-order valence-corrected chi connectivity index (χ1v) is 16.6. The molecular formula is C33H68O4. The van der Waals surface area contributed by atoms with Gasteiger partial charge in [0.25, 0.3) is 0 Å². The molecule has 37 heavy (non-hydrogen) atoms. The van der Waals surface area contributed by atoms with Crippen molar-refractivity contribution in [1.82, 2.24) is 0 Å². The molecule has 0 fully saturated rings. The van der Waals surface area contributed by atoms with Gasteiger partial charge in [0, 0.05) is 19.6 Å². The van der Waals surface area contributed by atoms with Crippen LogP contribution in [-0.2, 0) is 4.79 Å². The molecule has 0 aromatic rings. The molecule has 3 N–H and O–H groups in total. The molecule has 0 atom stereocenters. The summed E-state index contributed by atoms with van der Waals surface area (Å²) < 4.78 is 0. The largest absolute Gasteiger partial charge is 0.481 e. The molecule has 0 unspecified atom stereocenters. The second-order valence-electron chi connectivity index (χ2n) is 11.1. The molecule has 0 aliphatic rings. The summed E-state index contributed by atoms with van der Waals surface area (Å²) >= 11 is 0. The monoisotopic (exact) mass is 529 g/mol. The summed E-state index contributed by atoms with van der Waals surface area (Å²) in [4.78, 5) is 10.3. The van der Waals surface area contributed by atoms with Crippen LogP contribution >= 0.6 is 0 Å². The minimum absolute atomic E-state index is 0.345. The van der Waals surface area contributed by atoms with Crippen molar-refractivity contribution in [3.63, 3.8) is 0 Å². The predicted octanol–water partition coefficient (Wildman–Crippen LogP) is 10.4. The van der Waals surface area contributed by atoms with Crippen molar-refractivity contribution in [2.45, 2.75) is 193 Å². The highest BCUT2D eigenvalue weighted by molar-refractivity contribution is 5.66. The van der Waals surface area contributed by atoms with Gasteiger partial charge in [0.05, 0.1) is 0 Å². The van der Waals surface area contributed by atoms with Crippen molar-refractivity contribution in [3.05, 3.63) is 0 Å². The molecule has 0 heterocycles. The van der Waals surface area contributed by atoms with Gasteiger partial charge in [-0.3, -0.25) is 4.79 Å². The first-order valence-electron chi connectivity index (χ1n) is 16.6. The number of aliphatic carboxylic acids is 1. The zero-order valence-corrected chi connectivity index (χ0v) is 25.2. The molecule has 0 saturated carbocycles. The van der Waals surface area contributed by atoms with Crippen molar-refractivity contribution in [2.75, 3.05) is 13.2 Å². The highest BCUT2D eigenvalue weighted by Gasteiger charge is 1.97. The first-order chi connectivity index (χ1) is 18.2. The van der Waals surface area contributed by atoms with Crippen LogP contribution in [-0.4, -0.2) is 34.5 Å². The number of carbonyl (C=O) groups is 1. The van der Waals surface area contributed by atoms with E-state index in [0.717, 1.165) is 25.7 Å². The van der Waals surface area contributed by atoms with Gasteiger partial charge in [-0.1, -0.05) is 167 Å². The van der Waals surface area contributed by atoms with Crippen LogP contribution in [0.1, 0.15) is 193 Å². The smallest absolute Gasteiger partial charge is 0.303 e. The third-order valence-electron chi connectivity index (χ3n) is 7.31. The van der Waals surface area contributed by atoms with Crippen LogP contribution in [0.2, 0.25) is 0 Å². The molecule has 4 heteroatoms. The number of unbranched alkanes of at least 4 members (excludes halogenated alkanes) is 26. The quantitative estimate of drug-likeness (QED) is 0.0810. The predicted molar refractivity (Wildman–Crippen MR) is 161 cm³/mol. The van der Waals surface area contributed by atoms with E-state index in [-0.39, 0.29) is 0 Å². The molecule has 0 rings (SSSR count). The number of rotatable bonds is 30. The Labute approximate surface area is 232 Å². The van der Waals surface area contributed by atoms with Gasteiger partial charge in [0.1, 0.15) is 0 Å². The fourth-order valence-electron chi connectivity index (χ4n) is 4.82. The molecule has 0 amide bonds. The average Bonchev–Trinajstić information content (AvgIpc) is 2.89. The van der Waals surface area contributed by atoms with E-state index in [0.29, 0.717) is 19.6 Å². The van der Waals surface area contributed by atoms with E-state index in [4.69, 9.17) is 15.3 Å². The topological polar surface area (TPSA) is 77.8 Å². The Bertz CT molecular complexity index is 384.